The summed E-state index contributed by atoms with van der Waals surface area (Å²) in [5.41, 5.74) is 1.04. The molecular weight excluding hydrogens is 366 g/mol. The van der Waals surface area contributed by atoms with E-state index in [1.54, 1.807) is 39.0 Å². The average molecular weight is 395 g/mol. The molecule has 2 N–H and O–H groups in total. The number of nitrogens with one attached hydrogen (secondary N) is 1. The van der Waals surface area contributed by atoms with Crippen LogP contribution in [0.15, 0.2) is 24.3 Å². The number of alkyl carbamates (subject to hydrolysis) is 1. The molecular formula is C20H29NO7. The number of rotatable bonds is 11. The molecule has 0 aromatic heterocycles. The van der Waals surface area contributed by atoms with Crippen molar-refractivity contribution in [2.24, 2.45) is 5.92 Å². The molecule has 0 unspecified atom stereocenters. The summed E-state index contributed by atoms with van der Waals surface area (Å²) < 4.78 is 15.6. The average Bonchev–Trinajstić information content (AvgIpc) is 2.64. The monoisotopic (exact) mass is 395 g/mol. The molecule has 0 saturated heterocycles. The number of carboxylic acid groups (broad SMARTS) is 1. The molecule has 8 heteroatoms. The molecule has 0 aliphatic heterocycles. The Bertz CT molecular complexity index is 660. The van der Waals surface area contributed by atoms with Crippen LogP contribution in [0.5, 0.6) is 5.75 Å². The molecule has 1 aromatic carbocycles. The Balaban J connectivity index is 2.64. The van der Waals surface area contributed by atoms with Crippen LogP contribution in [-0.2, 0) is 25.5 Å². The molecule has 1 amide bonds. The number of carbonyl (C=O) groups is 3. The fourth-order valence-corrected chi connectivity index (χ4v) is 2.24. The molecule has 0 heterocycles. The van der Waals surface area contributed by atoms with Crippen molar-refractivity contribution in [1.82, 2.24) is 5.32 Å². The van der Waals surface area contributed by atoms with E-state index >= 15 is 0 Å². The van der Waals surface area contributed by atoms with Crippen molar-refractivity contribution in [3.63, 3.8) is 0 Å². The van der Waals surface area contributed by atoms with Gasteiger partial charge in [0.05, 0.1) is 6.54 Å². The number of hydrogen-bond donors (Lipinski definition) is 2. The smallest absolute Gasteiger partial charge is 0.410 e. The van der Waals surface area contributed by atoms with Gasteiger partial charge in [-0.05, 0) is 24.1 Å². The van der Waals surface area contributed by atoms with Gasteiger partial charge in [-0.3, -0.25) is 4.79 Å². The molecule has 2 atom stereocenters. The summed E-state index contributed by atoms with van der Waals surface area (Å²) in [5, 5.41) is 11.7. The third-order valence-corrected chi connectivity index (χ3v) is 3.73. The maximum atomic E-state index is 12.0. The SMILES string of the molecule is CCCc1cccc(O[C@@H](CNC(=O)O[C@@H](OC(=O)CC)C(C)C)C(=O)O)c1. The van der Waals surface area contributed by atoms with Crippen LogP contribution in [-0.4, -0.2) is 42.1 Å². The Labute approximate surface area is 165 Å². The van der Waals surface area contributed by atoms with Gasteiger partial charge in [0.15, 0.2) is 0 Å². The van der Waals surface area contributed by atoms with Crippen molar-refractivity contribution in [2.45, 2.75) is 59.4 Å². The lowest BCUT2D eigenvalue weighted by atomic mass is 10.1. The number of hydrogen-bond acceptors (Lipinski definition) is 6. The van der Waals surface area contributed by atoms with Crippen molar-refractivity contribution in [2.75, 3.05) is 6.54 Å². The zero-order chi connectivity index (χ0) is 21.1. The molecule has 0 saturated carbocycles. The number of benzene rings is 1. The lowest BCUT2D eigenvalue weighted by Gasteiger charge is -2.22. The highest BCUT2D eigenvalue weighted by Gasteiger charge is 2.25. The Morgan fingerprint density at radius 2 is 1.86 bits per heavy atom. The number of ether oxygens (including phenoxy) is 3. The van der Waals surface area contributed by atoms with Crippen LogP contribution in [0.2, 0.25) is 0 Å². The van der Waals surface area contributed by atoms with E-state index in [0.29, 0.717) is 5.75 Å². The molecule has 28 heavy (non-hydrogen) atoms. The van der Waals surface area contributed by atoms with Crippen molar-refractivity contribution < 1.29 is 33.7 Å². The molecule has 0 fully saturated rings. The highest BCUT2D eigenvalue weighted by molar-refractivity contribution is 5.75. The van der Waals surface area contributed by atoms with Crippen molar-refractivity contribution in [3.8, 4) is 5.75 Å². The van der Waals surface area contributed by atoms with E-state index in [1.807, 2.05) is 13.0 Å². The van der Waals surface area contributed by atoms with Crippen molar-refractivity contribution in [1.29, 1.82) is 0 Å². The van der Waals surface area contributed by atoms with Crippen LogP contribution in [0.1, 0.15) is 46.1 Å². The van der Waals surface area contributed by atoms with Crippen LogP contribution in [0.3, 0.4) is 0 Å². The van der Waals surface area contributed by atoms with E-state index in [4.69, 9.17) is 14.2 Å². The fraction of sp³-hybridized carbons (Fsp3) is 0.550. The molecule has 0 radical (unpaired) electrons. The molecule has 0 aliphatic carbocycles. The van der Waals surface area contributed by atoms with Gasteiger partial charge in [0.25, 0.3) is 6.29 Å². The lowest BCUT2D eigenvalue weighted by Crippen LogP contribution is -2.42. The van der Waals surface area contributed by atoms with E-state index < -0.39 is 30.4 Å². The van der Waals surface area contributed by atoms with Gasteiger partial charge in [0, 0.05) is 12.3 Å². The predicted octanol–water partition coefficient (Wildman–Crippen LogP) is 3.13. The van der Waals surface area contributed by atoms with Gasteiger partial charge in [0.2, 0.25) is 6.10 Å². The number of aryl methyl sites for hydroxylation is 1. The maximum Gasteiger partial charge on any atom is 0.410 e. The Hall–Kier alpha value is -2.77. The zero-order valence-corrected chi connectivity index (χ0v) is 16.8. The normalized spacial score (nSPS) is 12.8. The number of carboxylic acids is 1. The van der Waals surface area contributed by atoms with Crippen molar-refractivity contribution >= 4 is 18.0 Å². The standard InChI is InChI=1S/C20H29NO7/c1-5-8-14-9-7-10-15(11-14)26-16(18(23)24)12-21-20(25)28-19(13(3)4)27-17(22)6-2/h7,9-11,13,16,19H,5-6,8,12H2,1-4H3,(H,21,25)(H,23,24)/t16-,19+/m0/s1. The lowest BCUT2D eigenvalue weighted by molar-refractivity contribution is -0.174. The number of aliphatic carboxylic acids is 1. The molecule has 8 nitrogen and oxygen atoms in total. The molecule has 0 bridgehead atoms. The first-order valence-corrected chi connectivity index (χ1v) is 9.39. The van der Waals surface area contributed by atoms with E-state index in [2.05, 4.69) is 5.32 Å². The maximum absolute atomic E-state index is 12.0. The summed E-state index contributed by atoms with van der Waals surface area (Å²) in [4.78, 5) is 34.8. The van der Waals surface area contributed by atoms with Crippen molar-refractivity contribution in [3.05, 3.63) is 29.8 Å². The van der Waals surface area contributed by atoms with Gasteiger partial charge in [-0.1, -0.05) is 46.2 Å². The first kappa shape index (κ1) is 23.3. The first-order chi connectivity index (χ1) is 13.3. The summed E-state index contributed by atoms with van der Waals surface area (Å²) in [6, 6.07) is 7.16. The van der Waals surface area contributed by atoms with Gasteiger partial charge in [-0.15, -0.1) is 0 Å². The van der Waals surface area contributed by atoms with Gasteiger partial charge in [0.1, 0.15) is 5.75 Å². The Morgan fingerprint density at radius 3 is 2.43 bits per heavy atom. The minimum Gasteiger partial charge on any atom is -0.478 e. The Morgan fingerprint density at radius 1 is 1.14 bits per heavy atom. The van der Waals surface area contributed by atoms with E-state index in [-0.39, 0.29) is 18.9 Å². The van der Waals surface area contributed by atoms with Crippen LogP contribution in [0.4, 0.5) is 4.79 Å². The number of amides is 1. The predicted molar refractivity (Wildman–Crippen MR) is 102 cm³/mol. The second-order valence-electron chi connectivity index (χ2n) is 6.58. The summed E-state index contributed by atoms with van der Waals surface area (Å²) >= 11 is 0. The topological polar surface area (TPSA) is 111 Å². The second kappa shape index (κ2) is 11.8. The molecule has 0 spiro atoms. The number of carbonyl (C=O) groups excluding carboxylic acids is 2. The largest absolute Gasteiger partial charge is 0.478 e. The van der Waals surface area contributed by atoms with E-state index in [0.717, 1.165) is 18.4 Å². The minimum atomic E-state index is -1.29. The van der Waals surface area contributed by atoms with Gasteiger partial charge in [-0.2, -0.15) is 0 Å². The van der Waals surface area contributed by atoms with Gasteiger partial charge < -0.3 is 24.6 Å². The number of esters is 1. The fourth-order valence-electron chi connectivity index (χ4n) is 2.24. The second-order valence-corrected chi connectivity index (χ2v) is 6.58. The van der Waals surface area contributed by atoms with Crippen LogP contribution >= 0.6 is 0 Å². The van der Waals surface area contributed by atoms with E-state index in [1.165, 1.54) is 0 Å². The zero-order valence-electron chi connectivity index (χ0n) is 16.8. The summed E-state index contributed by atoms with van der Waals surface area (Å²) in [6.07, 6.45) is -1.27. The highest BCUT2D eigenvalue weighted by atomic mass is 16.7. The first-order valence-electron chi connectivity index (χ1n) is 9.39. The third-order valence-electron chi connectivity index (χ3n) is 3.73. The minimum absolute atomic E-state index is 0.153. The molecule has 156 valence electrons. The van der Waals surface area contributed by atoms with Crippen LogP contribution in [0.25, 0.3) is 0 Å². The molecule has 1 aromatic rings. The highest BCUT2D eigenvalue weighted by Crippen LogP contribution is 2.16. The Kier molecular flexibility index (Phi) is 9.84. The quantitative estimate of drug-likeness (QED) is 0.437. The van der Waals surface area contributed by atoms with E-state index in [9.17, 15) is 19.5 Å². The molecule has 0 aliphatic rings. The molecule has 1 rings (SSSR count). The summed E-state index contributed by atoms with van der Waals surface area (Å²) in [6.45, 7) is 6.83. The van der Waals surface area contributed by atoms with Crippen LogP contribution in [0, 0.1) is 5.92 Å². The third kappa shape index (κ3) is 8.28. The van der Waals surface area contributed by atoms with Gasteiger partial charge in [-0.25, -0.2) is 9.59 Å². The summed E-state index contributed by atoms with van der Waals surface area (Å²) in [7, 11) is 0. The summed E-state index contributed by atoms with van der Waals surface area (Å²) in [5.74, 6) is -1.57. The van der Waals surface area contributed by atoms with Crippen LogP contribution < -0.4 is 10.1 Å². The van der Waals surface area contributed by atoms with Gasteiger partial charge >= 0.3 is 18.0 Å².